The van der Waals surface area contributed by atoms with Gasteiger partial charge in [0.05, 0.1) is 18.8 Å². The highest BCUT2D eigenvalue weighted by molar-refractivity contribution is 7.92. The van der Waals surface area contributed by atoms with E-state index < -0.39 is 16.1 Å². The van der Waals surface area contributed by atoms with Crippen molar-refractivity contribution in [1.29, 1.82) is 0 Å². The van der Waals surface area contributed by atoms with Crippen molar-refractivity contribution in [1.82, 2.24) is 19.4 Å². The zero-order valence-corrected chi connectivity index (χ0v) is 18.4. The molecule has 1 unspecified atom stereocenters. The van der Waals surface area contributed by atoms with E-state index in [-0.39, 0.29) is 5.91 Å². The Labute approximate surface area is 183 Å². The second-order valence-electron chi connectivity index (χ2n) is 7.32. The molecular formula is C23H26N4O3S. The minimum Gasteiger partial charge on any atom is -0.340 e. The second-order valence-corrected chi connectivity index (χ2v) is 8.92. The largest absolute Gasteiger partial charge is 0.340 e. The molecule has 1 heterocycles. The standard InChI is InChI=1S/C23H26N4O3S/c1-19(25-31(29,30)14-13-20-9-5-3-6-10-20)23(28)26(2)16-22-15-24-27(18-22)17-21-11-7-4-8-12-21/h3-15,18-19,25H,16-17H2,1-2H3. The van der Waals surface area contributed by atoms with E-state index in [1.54, 1.807) is 25.4 Å². The Hall–Kier alpha value is -3.23. The first-order valence-electron chi connectivity index (χ1n) is 9.88. The van der Waals surface area contributed by atoms with Gasteiger partial charge in [-0.3, -0.25) is 9.48 Å². The van der Waals surface area contributed by atoms with Crippen LogP contribution < -0.4 is 4.72 Å². The molecule has 0 aliphatic rings. The summed E-state index contributed by atoms with van der Waals surface area (Å²) in [7, 11) is -2.12. The van der Waals surface area contributed by atoms with E-state index in [9.17, 15) is 13.2 Å². The first-order chi connectivity index (χ1) is 14.8. The molecule has 3 rings (SSSR count). The topological polar surface area (TPSA) is 84.3 Å². The van der Waals surface area contributed by atoms with Crippen LogP contribution in [0.2, 0.25) is 0 Å². The predicted molar refractivity (Wildman–Crippen MR) is 121 cm³/mol. The third kappa shape index (κ3) is 6.91. The summed E-state index contributed by atoms with van der Waals surface area (Å²) in [5, 5.41) is 5.41. The molecule has 0 saturated heterocycles. The number of nitrogens with zero attached hydrogens (tertiary/aromatic N) is 3. The van der Waals surface area contributed by atoms with Crippen LogP contribution in [-0.2, 0) is 27.9 Å². The molecule has 0 saturated carbocycles. The van der Waals surface area contributed by atoms with E-state index in [1.165, 1.54) is 17.9 Å². The van der Waals surface area contributed by atoms with Gasteiger partial charge in [0.1, 0.15) is 0 Å². The molecular weight excluding hydrogens is 412 g/mol. The minimum atomic E-state index is -3.76. The third-order valence-electron chi connectivity index (χ3n) is 4.62. The number of benzene rings is 2. The summed E-state index contributed by atoms with van der Waals surface area (Å²) in [6.45, 7) is 2.51. The summed E-state index contributed by atoms with van der Waals surface area (Å²) in [6.07, 6.45) is 5.09. The van der Waals surface area contributed by atoms with E-state index >= 15 is 0 Å². The van der Waals surface area contributed by atoms with Gasteiger partial charge in [-0.25, -0.2) is 8.42 Å². The monoisotopic (exact) mass is 438 g/mol. The third-order valence-corrected chi connectivity index (χ3v) is 5.80. The average Bonchev–Trinajstić information content (AvgIpc) is 3.19. The van der Waals surface area contributed by atoms with Crippen molar-refractivity contribution in [2.45, 2.75) is 26.1 Å². The SMILES string of the molecule is CC(NS(=O)(=O)C=Cc1ccccc1)C(=O)N(C)Cc1cnn(Cc2ccccc2)c1. The van der Waals surface area contributed by atoms with E-state index in [1.807, 2.05) is 59.4 Å². The Balaban J connectivity index is 1.55. The molecule has 1 N–H and O–H groups in total. The van der Waals surface area contributed by atoms with E-state index in [0.29, 0.717) is 13.1 Å². The number of nitrogens with one attached hydrogen (secondary N) is 1. The molecule has 1 amide bonds. The Kier molecular flexibility index (Phi) is 7.38. The number of sulfonamides is 1. The van der Waals surface area contributed by atoms with Gasteiger partial charge in [-0.2, -0.15) is 9.82 Å². The quantitative estimate of drug-likeness (QED) is 0.557. The van der Waals surface area contributed by atoms with Crippen molar-refractivity contribution in [2.24, 2.45) is 0 Å². The fourth-order valence-corrected chi connectivity index (χ4v) is 4.10. The first-order valence-corrected chi connectivity index (χ1v) is 11.4. The van der Waals surface area contributed by atoms with Crippen LogP contribution in [0.25, 0.3) is 6.08 Å². The lowest BCUT2D eigenvalue weighted by molar-refractivity contribution is -0.131. The molecule has 1 atom stereocenters. The zero-order chi connectivity index (χ0) is 22.3. The normalized spacial score (nSPS) is 12.7. The fourth-order valence-electron chi connectivity index (χ4n) is 3.10. The number of hydrogen-bond acceptors (Lipinski definition) is 4. The van der Waals surface area contributed by atoms with Gasteiger partial charge in [-0.05, 0) is 24.1 Å². The first kappa shape index (κ1) is 22.5. The van der Waals surface area contributed by atoms with E-state index in [0.717, 1.165) is 22.1 Å². The molecule has 1 aromatic heterocycles. The minimum absolute atomic E-state index is 0.326. The molecule has 3 aromatic rings. The molecule has 2 aromatic carbocycles. The Morgan fingerprint density at radius 3 is 2.42 bits per heavy atom. The number of rotatable bonds is 9. The van der Waals surface area contributed by atoms with Crippen LogP contribution in [0.4, 0.5) is 0 Å². The maximum Gasteiger partial charge on any atom is 0.240 e. The summed E-state index contributed by atoms with van der Waals surface area (Å²) >= 11 is 0. The molecule has 0 aliphatic carbocycles. The second kappa shape index (κ2) is 10.2. The molecule has 31 heavy (non-hydrogen) atoms. The van der Waals surface area contributed by atoms with Crippen LogP contribution in [0, 0.1) is 0 Å². The van der Waals surface area contributed by atoms with Gasteiger partial charge in [0.2, 0.25) is 15.9 Å². The maximum absolute atomic E-state index is 12.6. The van der Waals surface area contributed by atoms with Gasteiger partial charge in [-0.15, -0.1) is 0 Å². The summed E-state index contributed by atoms with van der Waals surface area (Å²) in [4.78, 5) is 14.1. The van der Waals surface area contributed by atoms with Gasteiger partial charge in [0.25, 0.3) is 0 Å². The Bertz CT molecular complexity index is 1130. The average molecular weight is 439 g/mol. The molecule has 0 radical (unpaired) electrons. The number of carbonyl (C=O) groups is 1. The Morgan fingerprint density at radius 2 is 1.74 bits per heavy atom. The molecule has 0 bridgehead atoms. The van der Waals surface area contributed by atoms with Gasteiger partial charge < -0.3 is 4.90 Å². The zero-order valence-electron chi connectivity index (χ0n) is 17.5. The van der Waals surface area contributed by atoms with Crippen molar-refractivity contribution >= 4 is 22.0 Å². The van der Waals surface area contributed by atoms with Crippen LogP contribution in [0.5, 0.6) is 0 Å². The van der Waals surface area contributed by atoms with E-state index in [4.69, 9.17) is 0 Å². The maximum atomic E-state index is 12.6. The number of carbonyl (C=O) groups excluding carboxylic acids is 1. The van der Waals surface area contributed by atoms with Gasteiger partial charge >= 0.3 is 0 Å². The smallest absolute Gasteiger partial charge is 0.240 e. The summed E-state index contributed by atoms with van der Waals surface area (Å²) < 4.78 is 28.8. The van der Waals surface area contributed by atoms with Crippen molar-refractivity contribution < 1.29 is 13.2 Å². The molecule has 8 heteroatoms. The van der Waals surface area contributed by atoms with Crippen molar-refractivity contribution in [3.05, 3.63) is 95.2 Å². The highest BCUT2D eigenvalue weighted by Gasteiger charge is 2.22. The van der Waals surface area contributed by atoms with Gasteiger partial charge in [0.15, 0.2) is 0 Å². The number of aromatic nitrogens is 2. The molecule has 0 aliphatic heterocycles. The number of amides is 1. The highest BCUT2D eigenvalue weighted by Crippen LogP contribution is 2.08. The van der Waals surface area contributed by atoms with Crippen LogP contribution in [0.15, 0.2) is 78.5 Å². The van der Waals surface area contributed by atoms with Gasteiger partial charge in [-0.1, -0.05) is 60.7 Å². The van der Waals surface area contributed by atoms with Crippen molar-refractivity contribution in [3.8, 4) is 0 Å². The molecule has 0 fully saturated rings. The summed E-state index contributed by atoms with van der Waals surface area (Å²) in [5.74, 6) is -0.326. The van der Waals surface area contributed by atoms with E-state index in [2.05, 4.69) is 9.82 Å². The number of hydrogen-bond donors (Lipinski definition) is 1. The van der Waals surface area contributed by atoms with Crippen LogP contribution >= 0.6 is 0 Å². The lowest BCUT2D eigenvalue weighted by Gasteiger charge is -2.21. The lowest BCUT2D eigenvalue weighted by atomic mass is 10.2. The van der Waals surface area contributed by atoms with Crippen molar-refractivity contribution in [3.63, 3.8) is 0 Å². The molecule has 0 spiro atoms. The summed E-state index contributed by atoms with van der Waals surface area (Å²) in [5.41, 5.74) is 2.76. The highest BCUT2D eigenvalue weighted by atomic mass is 32.2. The number of likely N-dealkylation sites (N-methyl/N-ethyl adjacent to an activating group) is 1. The fraction of sp³-hybridized carbons (Fsp3) is 0.217. The van der Waals surface area contributed by atoms with Crippen molar-refractivity contribution in [2.75, 3.05) is 7.05 Å². The van der Waals surface area contributed by atoms with Crippen LogP contribution in [0.3, 0.4) is 0 Å². The summed E-state index contributed by atoms with van der Waals surface area (Å²) in [6, 6.07) is 18.2. The lowest BCUT2D eigenvalue weighted by Crippen LogP contribution is -2.44. The van der Waals surface area contributed by atoms with Crippen LogP contribution in [-0.4, -0.2) is 42.1 Å². The molecule has 7 nitrogen and oxygen atoms in total. The Morgan fingerprint density at radius 1 is 1.10 bits per heavy atom. The van der Waals surface area contributed by atoms with Gasteiger partial charge in [0, 0.05) is 30.8 Å². The predicted octanol–water partition coefficient (Wildman–Crippen LogP) is 2.87. The molecule has 162 valence electrons. The van der Waals surface area contributed by atoms with Crippen LogP contribution in [0.1, 0.15) is 23.6 Å².